The lowest BCUT2D eigenvalue weighted by molar-refractivity contribution is -0.118. The van der Waals surface area contributed by atoms with E-state index in [0.29, 0.717) is 49.1 Å². The highest BCUT2D eigenvalue weighted by Crippen LogP contribution is 2.39. The average Bonchev–Trinajstić information content (AvgIpc) is 3.25. The summed E-state index contributed by atoms with van der Waals surface area (Å²) in [4.78, 5) is 19.2. The van der Waals surface area contributed by atoms with E-state index in [1.165, 1.54) is 5.56 Å². The molecule has 0 unspecified atom stereocenters. The molecule has 1 heterocycles. The first-order chi connectivity index (χ1) is 15.6. The summed E-state index contributed by atoms with van der Waals surface area (Å²) in [5, 5.41) is 6.49. The number of para-hydroxylation sites is 1. The Morgan fingerprint density at radius 3 is 2.42 bits per heavy atom. The fourth-order valence-electron chi connectivity index (χ4n) is 3.75. The number of nitrogens with one attached hydrogen (secondary N) is 2. The molecule has 8 nitrogen and oxygen atoms in total. The molecule has 0 aliphatic carbocycles. The van der Waals surface area contributed by atoms with Gasteiger partial charge in [0.05, 0.1) is 21.3 Å². The van der Waals surface area contributed by atoms with Gasteiger partial charge in [-0.1, -0.05) is 18.2 Å². The molecule has 1 aliphatic heterocycles. The zero-order valence-electron chi connectivity index (χ0n) is 19.6. The zero-order chi connectivity index (χ0) is 22.9. The van der Waals surface area contributed by atoms with Gasteiger partial charge in [-0.25, -0.2) is 0 Å². The molecule has 2 N–H and O–H groups in total. The number of rotatable bonds is 9. The monoisotopic (exact) mass is 568 g/mol. The molecule has 0 spiro atoms. The van der Waals surface area contributed by atoms with E-state index in [9.17, 15) is 4.79 Å². The molecule has 2 aromatic carbocycles. The fourth-order valence-corrected chi connectivity index (χ4v) is 3.75. The number of hydrogen-bond acceptors (Lipinski definition) is 5. The van der Waals surface area contributed by atoms with E-state index in [1.54, 1.807) is 21.3 Å². The van der Waals surface area contributed by atoms with Crippen LogP contribution in [0.5, 0.6) is 17.2 Å². The van der Waals surface area contributed by atoms with Crippen molar-refractivity contribution in [2.45, 2.75) is 26.2 Å². The molecule has 0 saturated heterocycles. The standard InChI is InChI=1S/C24H32N4O4.HI/c1-5-25-24(27-18-15-20(30-2)23(32-4)21(16-18)31-3)26-13-8-11-22(29)28-14-12-17-9-6-7-10-19(17)28;/h6-7,9-10,15-16H,5,8,11-14H2,1-4H3,(H2,25,26,27);1H. The molecule has 0 radical (unpaired) electrons. The third-order valence-electron chi connectivity index (χ3n) is 5.28. The topological polar surface area (TPSA) is 84.4 Å². The summed E-state index contributed by atoms with van der Waals surface area (Å²) in [6, 6.07) is 11.7. The highest BCUT2D eigenvalue weighted by atomic mass is 127. The van der Waals surface area contributed by atoms with Gasteiger partial charge in [0.15, 0.2) is 17.5 Å². The zero-order valence-corrected chi connectivity index (χ0v) is 22.0. The number of nitrogens with zero attached hydrogens (tertiary/aromatic N) is 2. The quantitative estimate of drug-likeness (QED) is 0.205. The number of aliphatic imine (C=N–C) groups is 1. The van der Waals surface area contributed by atoms with E-state index in [1.807, 2.05) is 42.2 Å². The predicted molar refractivity (Wildman–Crippen MR) is 143 cm³/mol. The molecule has 0 aromatic heterocycles. The van der Waals surface area contributed by atoms with Gasteiger partial charge in [0.2, 0.25) is 11.7 Å². The van der Waals surface area contributed by atoms with Crippen molar-refractivity contribution in [2.75, 3.05) is 51.2 Å². The molecule has 180 valence electrons. The fraction of sp³-hybridized carbons (Fsp3) is 0.417. The SMILES string of the molecule is CCNC(=NCCCC(=O)N1CCc2ccccc21)Nc1cc(OC)c(OC)c(OC)c1.I. The van der Waals surface area contributed by atoms with Gasteiger partial charge >= 0.3 is 0 Å². The normalized spacial score (nSPS) is 12.5. The molecule has 2 aromatic rings. The van der Waals surface area contributed by atoms with Crippen molar-refractivity contribution in [1.29, 1.82) is 0 Å². The molecule has 0 saturated carbocycles. The molecule has 1 amide bonds. The number of carbonyl (C=O) groups is 1. The third-order valence-corrected chi connectivity index (χ3v) is 5.28. The van der Waals surface area contributed by atoms with Crippen molar-refractivity contribution in [3.05, 3.63) is 42.0 Å². The third kappa shape index (κ3) is 6.66. The maximum absolute atomic E-state index is 12.7. The lowest BCUT2D eigenvalue weighted by atomic mass is 10.2. The van der Waals surface area contributed by atoms with Crippen LogP contribution in [0.25, 0.3) is 0 Å². The Morgan fingerprint density at radius 1 is 1.09 bits per heavy atom. The highest BCUT2D eigenvalue weighted by Gasteiger charge is 2.23. The van der Waals surface area contributed by atoms with Gasteiger partial charge in [0.25, 0.3) is 0 Å². The number of fused-ring (bicyclic) bond motifs is 1. The molecular formula is C24H33IN4O4. The van der Waals surface area contributed by atoms with E-state index < -0.39 is 0 Å². The summed E-state index contributed by atoms with van der Waals surface area (Å²) in [6.45, 7) is 3.99. The van der Waals surface area contributed by atoms with Crippen molar-refractivity contribution in [3.8, 4) is 17.2 Å². The minimum atomic E-state index is 0. The molecule has 0 bridgehead atoms. The molecule has 3 rings (SSSR count). The summed E-state index contributed by atoms with van der Waals surface area (Å²) in [7, 11) is 4.73. The molecule has 33 heavy (non-hydrogen) atoms. The van der Waals surface area contributed by atoms with Crippen LogP contribution in [0.1, 0.15) is 25.3 Å². The smallest absolute Gasteiger partial charge is 0.227 e. The summed E-state index contributed by atoms with van der Waals surface area (Å²) in [5.74, 6) is 2.42. The second kappa shape index (κ2) is 13.1. The van der Waals surface area contributed by atoms with Gasteiger partial charge in [-0.2, -0.15) is 0 Å². The van der Waals surface area contributed by atoms with Gasteiger partial charge in [-0.15, -0.1) is 24.0 Å². The largest absolute Gasteiger partial charge is 0.493 e. The van der Waals surface area contributed by atoms with E-state index in [4.69, 9.17) is 14.2 Å². The van der Waals surface area contributed by atoms with E-state index in [-0.39, 0.29) is 29.9 Å². The lowest BCUT2D eigenvalue weighted by Crippen LogP contribution is -2.31. The Hall–Kier alpha value is -2.69. The summed E-state index contributed by atoms with van der Waals surface area (Å²) in [5.41, 5.74) is 3.03. The van der Waals surface area contributed by atoms with Gasteiger partial charge in [-0.3, -0.25) is 9.79 Å². The van der Waals surface area contributed by atoms with Crippen LogP contribution in [0.2, 0.25) is 0 Å². The van der Waals surface area contributed by atoms with Gasteiger partial charge in [0, 0.05) is 49.6 Å². The van der Waals surface area contributed by atoms with Gasteiger partial charge in [0.1, 0.15) is 0 Å². The number of benzene rings is 2. The highest BCUT2D eigenvalue weighted by molar-refractivity contribution is 14.0. The number of halogens is 1. The molecule has 9 heteroatoms. The van der Waals surface area contributed by atoms with E-state index in [2.05, 4.69) is 21.7 Å². The van der Waals surface area contributed by atoms with Crippen LogP contribution < -0.4 is 29.7 Å². The van der Waals surface area contributed by atoms with Crippen LogP contribution in [-0.2, 0) is 11.2 Å². The number of guanidine groups is 1. The van der Waals surface area contributed by atoms with Gasteiger partial charge in [-0.05, 0) is 31.4 Å². The summed E-state index contributed by atoms with van der Waals surface area (Å²) >= 11 is 0. The Morgan fingerprint density at radius 2 is 1.79 bits per heavy atom. The number of amides is 1. The Kier molecular flexibility index (Phi) is 10.6. The number of anilines is 2. The summed E-state index contributed by atoms with van der Waals surface area (Å²) in [6.07, 6.45) is 2.05. The lowest BCUT2D eigenvalue weighted by Gasteiger charge is -2.17. The maximum Gasteiger partial charge on any atom is 0.227 e. The molecular weight excluding hydrogens is 535 g/mol. The molecule has 1 aliphatic rings. The average molecular weight is 568 g/mol. The molecule has 0 fully saturated rings. The van der Waals surface area contributed by atoms with Crippen molar-refractivity contribution in [3.63, 3.8) is 0 Å². The maximum atomic E-state index is 12.7. The molecule has 0 atom stereocenters. The Balaban J connectivity index is 0.00000385. The minimum absolute atomic E-state index is 0. The van der Waals surface area contributed by atoms with Crippen LogP contribution >= 0.6 is 24.0 Å². The van der Waals surface area contributed by atoms with Crippen LogP contribution in [0, 0.1) is 0 Å². The number of carbonyl (C=O) groups excluding carboxylic acids is 1. The first-order valence-corrected chi connectivity index (χ1v) is 10.8. The van der Waals surface area contributed by atoms with Crippen molar-refractivity contribution >= 4 is 47.2 Å². The number of ether oxygens (including phenoxy) is 3. The van der Waals surface area contributed by atoms with Crippen LogP contribution in [0.3, 0.4) is 0 Å². The predicted octanol–water partition coefficient (Wildman–Crippen LogP) is 4.08. The first-order valence-electron chi connectivity index (χ1n) is 10.8. The second-order valence-corrected chi connectivity index (χ2v) is 7.33. The number of hydrogen-bond donors (Lipinski definition) is 2. The van der Waals surface area contributed by atoms with Crippen LogP contribution in [0.4, 0.5) is 11.4 Å². The minimum Gasteiger partial charge on any atom is -0.493 e. The van der Waals surface area contributed by atoms with Crippen molar-refractivity contribution in [2.24, 2.45) is 4.99 Å². The summed E-state index contributed by atoms with van der Waals surface area (Å²) < 4.78 is 16.2. The number of methoxy groups -OCH3 is 3. The Bertz CT molecular complexity index is 942. The van der Waals surface area contributed by atoms with Crippen LogP contribution in [-0.4, -0.2) is 52.8 Å². The first kappa shape index (κ1) is 26.6. The van der Waals surface area contributed by atoms with E-state index >= 15 is 0 Å². The van der Waals surface area contributed by atoms with E-state index in [0.717, 1.165) is 24.3 Å². The van der Waals surface area contributed by atoms with Crippen molar-refractivity contribution < 1.29 is 19.0 Å². The van der Waals surface area contributed by atoms with Gasteiger partial charge < -0.3 is 29.7 Å². The Labute approximate surface area is 212 Å². The van der Waals surface area contributed by atoms with Crippen molar-refractivity contribution in [1.82, 2.24) is 5.32 Å². The van der Waals surface area contributed by atoms with Crippen LogP contribution in [0.15, 0.2) is 41.4 Å². The second-order valence-electron chi connectivity index (χ2n) is 7.33.